The van der Waals surface area contributed by atoms with Gasteiger partial charge in [-0.2, -0.15) is 0 Å². The third-order valence-electron chi connectivity index (χ3n) is 4.16. The van der Waals surface area contributed by atoms with Crippen molar-refractivity contribution in [2.24, 2.45) is 5.92 Å². The fourth-order valence-corrected chi connectivity index (χ4v) is 4.10. The van der Waals surface area contributed by atoms with E-state index < -0.39 is 10.0 Å². The summed E-state index contributed by atoms with van der Waals surface area (Å²) in [7, 11) is -1.86. The molecule has 0 unspecified atom stereocenters. The van der Waals surface area contributed by atoms with E-state index in [1.165, 1.54) is 4.31 Å². The van der Waals surface area contributed by atoms with E-state index in [4.69, 9.17) is 0 Å². The topological polar surface area (TPSA) is 57.6 Å². The van der Waals surface area contributed by atoms with Crippen LogP contribution in [0.2, 0.25) is 0 Å². The summed E-state index contributed by atoms with van der Waals surface area (Å²) in [6.07, 6.45) is 1.13. The molecule has 0 atom stereocenters. The molecule has 0 aromatic heterocycles. The van der Waals surface area contributed by atoms with Crippen LogP contribution in [0.1, 0.15) is 12.8 Å². The Hall–Kier alpha value is -1.43. The first-order valence-corrected chi connectivity index (χ1v) is 8.54. The van der Waals surface area contributed by atoms with E-state index >= 15 is 0 Å². The maximum atomic E-state index is 12.6. The van der Waals surface area contributed by atoms with Gasteiger partial charge < -0.3 is 5.11 Å². The Balaban J connectivity index is 1.85. The largest absolute Gasteiger partial charge is 0.393 e. The monoisotopic (exact) mass is 305 g/mol. The Morgan fingerprint density at radius 3 is 2.48 bits per heavy atom. The average Bonchev–Trinajstić information content (AvgIpc) is 2.45. The van der Waals surface area contributed by atoms with Crippen molar-refractivity contribution >= 4 is 20.8 Å². The van der Waals surface area contributed by atoms with Gasteiger partial charge in [0.05, 0.1) is 11.0 Å². The van der Waals surface area contributed by atoms with Gasteiger partial charge in [-0.3, -0.25) is 0 Å². The first kappa shape index (κ1) is 14.5. The average molecular weight is 305 g/mol. The summed E-state index contributed by atoms with van der Waals surface area (Å²) in [5.74, 6) is 0.264. The molecule has 1 fully saturated rings. The van der Waals surface area contributed by atoms with Gasteiger partial charge in [-0.1, -0.05) is 30.3 Å². The van der Waals surface area contributed by atoms with Crippen molar-refractivity contribution in [3.63, 3.8) is 0 Å². The van der Waals surface area contributed by atoms with Crippen molar-refractivity contribution in [3.05, 3.63) is 42.5 Å². The second kappa shape index (κ2) is 5.40. The Morgan fingerprint density at radius 1 is 1.14 bits per heavy atom. The minimum absolute atomic E-state index is 0.258. The molecular weight excluding hydrogens is 286 g/mol. The zero-order valence-corrected chi connectivity index (χ0v) is 12.8. The van der Waals surface area contributed by atoms with Gasteiger partial charge in [0.15, 0.2) is 0 Å². The van der Waals surface area contributed by atoms with Crippen LogP contribution < -0.4 is 0 Å². The van der Waals surface area contributed by atoms with E-state index in [-0.39, 0.29) is 12.0 Å². The standard InChI is InChI=1S/C16H19NO3S/c1-17(11-12-8-15(18)9-12)21(19,20)16-7-6-13-4-2-3-5-14(13)10-16/h2-7,10,12,15,18H,8-9,11H2,1H3. The van der Waals surface area contributed by atoms with Crippen LogP contribution in [0.5, 0.6) is 0 Å². The minimum atomic E-state index is -3.47. The van der Waals surface area contributed by atoms with Gasteiger partial charge in [-0.15, -0.1) is 0 Å². The molecule has 0 spiro atoms. The minimum Gasteiger partial charge on any atom is -0.393 e. The Morgan fingerprint density at radius 2 is 1.81 bits per heavy atom. The number of hydrogen-bond donors (Lipinski definition) is 1. The zero-order valence-electron chi connectivity index (χ0n) is 11.9. The predicted molar refractivity (Wildman–Crippen MR) is 82.5 cm³/mol. The lowest BCUT2D eigenvalue weighted by atomic mass is 9.82. The van der Waals surface area contributed by atoms with E-state index in [1.807, 2.05) is 30.3 Å². The zero-order chi connectivity index (χ0) is 15.0. The van der Waals surface area contributed by atoms with Crippen molar-refractivity contribution in [3.8, 4) is 0 Å². The number of sulfonamides is 1. The third-order valence-corrected chi connectivity index (χ3v) is 5.97. The molecule has 0 aliphatic heterocycles. The molecule has 2 aromatic rings. The highest BCUT2D eigenvalue weighted by atomic mass is 32.2. The number of aliphatic hydroxyl groups is 1. The predicted octanol–water partition coefficient (Wildman–Crippen LogP) is 2.23. The van der Waals surface area contributed by atoms with Crippen molar-refractivity contribution in [2.45, 2.75) is 23.8 Å². The molecule has 112 valence electrons. The van der Waals surface area contributed by atoms with Crippen molar-refractivity contribution in [1.82, 2.24) is 4.31 Å². The summed E-state index contributed by atoms with van der Waals surface area (Å²) in [6, 6.07) is 12.9. The molecular formula is C16H19NO3S. The van der Waals surface area contributed by atoms with Gasteiger partial charge in [-0.25, -0.2) is 12.7 Å². The molecule has 1 aliphatic carbocycles. The van der Waals surface area contributed by atoms with Gasteiger partial charge in [0.1, 0.15) is 0 Å². The maximum Gasteiger partial charge on any atom is 0.242 e. The van der Waals surface area contributed by atoms with Crippen LogP contribution in [0.3, 0.4) is 0 Å². The van der Waals surface area contributed by atoms with Crippen LogP contribution >= 0.6 is 0 Å². The van der Waals surface area contributed by atoms with E-state index in [9.17, 15) is 13.5 Å². The van der Waals surface area contributed by atoms with E-state index in [0.29, 0.717) is 24.3 Å². The Bertz CT molecular complexity index is 751. The molecule has 1 saturated carbocycles. The van der Waals surface area contributed by atoms with Crippen LogP contribution in [0.4, 0.5) is 0 Å². The SMILES string of the molecule is CN(CC1CC(O)C1)S(=O)(=O)c1ccc2ccccc2c1. The molecule has 3 rings (SSSR count). The lowest BCUT2D eigenvalue weighted by Gasteiger charge is -2.34. The fraction of sp³-hybridized carbons (Fsp3) is 0.375. The molecule has 1 N–H and O–H groups in total. The molecule has 0 amide bonds. The molecule has 2 aromatic carbocycles. The smallest absolute Gasteiger partial charge is 0.242 e. The summed E-state index contributed by atoms with van der Waals surface area (Å²) < 4.78 is 26.6. The Kier molecular flexibility index (Phi) is 3.73. The molecule has 0 heterocycles. The molecule has 21 heavy (non-hydrogen) atoms. The summed E-state index contributed by atoms with van der Waals surface area (Å²) in [4.78, 5) is 0.323. The number of fused-ring (bicyclic) bond motifs is 1. The van der Waals surface area contributed by atoms with Crippen molar-refractivity contribution in [2.75, 3.05) is 13.6 Å². The van der Waals surface area contributed by atoms with Crippen LogP contribution in [0.25, 0.3) is 10.8 Å². The van der Waals surface area contributed by atoms with Crippen LogP contribution in [0.15, 0.2) is 47.4 Å². The molecule has 1 aliphatic rings. The highest BCUT2D eigenvalue weighted by Gasteiger charge is 2.31. The highest BCUT2D eigenvalue weighted by molar-refractivity contribution is 7.89. The molecule has 0 saturated heterocycles. The first-order chi connectivity index (χ1) is 9.96. The lowest BCUT2D eigenvalue weighted by molar-refractivity contribution is 0.0367. The van der Waals surface area contributed by atoms with Crippen LogP contribution in [-0.2, 0) is 10.0 Å². The molecule has 0 radical (unpaired) electrons. The second-order valence-corrected chi connectivity index (χ2v) is 7.83. The van der Waals surface area contributed by atoms with Crippen LogP contribution in [-0.4, -0.2) is 37.5 Å². The number of benzene rings is 2. The molecule has 4 nitrogen and oxygen atoms in total. The number of nitrogens with zero attached hydrogens (tertiary/aromatic N) is 1. The third kappa shape index (κ3) is 2.81. The number of aliphatic hydroxyl groups excluding tert-OH is 1. The number of rotatable bonds is 4. The normalized spacial score (nSPS) is 22.4. The summed E-state index contributed by atoms with van der Waals surface area (Å²) >= 11 is 0. The second-order valence-electron chi connectivity index (χ2n) is 5.79. The van der Waals surface area contributed by atoms with Gasteiger partial charge in [0, 0.05) is 13.6 Å². The summed E-state index contributed by atoms with van der Waals surface area (Å²) in [6.45, 7) is 0.465. The highest BCUT2D eigenvalue weighted by Crippen LogP contribution is 2.29. The van der Waals surface area contributed by atoms with Gasteiger partial charge in [0.25, 0.3) is 0 Å². The summed E-state index contributed by atoms with van der Waals surface area (Å²) in [5, 5.41) is 11.3. The van der Waals surface area contributed by atoms with Crippen molar-refractivity contribution in [1.29, 1.82) is 0 Å². The van der Waals surface area contributed by atoms with Gasteiger partial charge in [0.2, 0.25) is 10.0 Å². The molecule has 5 heteroatoms. The van der Waals surface area contributed by atoms with Crippen molar-refractivity contribution < 1.29 is 13.5 Å². The van der Waals surface area contributed by atoms with Crippen LogP contribution in [0, 0.1) is 5.92 Å². The van der Waals surface area contributed by atoms with Gasteiger partial charge >= 0.3 is 0 Å². The lowest BCUT2D eigenvalue weighted by Crippen LogP contribution is -2.39. The number of hydrogen-bond acceptors (Lipinski definition) is 3. The molecule has 0 bridgehead atoms. The van der Waals surface area contributed by atoms with E-state index in [1.54, 1.807) is 19.2 Å². The first-order valence-electron chi connectivity index (χ1n) is 7.10. The van der Waals surface area contributed by atoms with E-state index in [0.717, 1.165) is 10.8 Å². The maximum absolute atomic E-state index is 12.6. The fourth-order valence-electron chi connectivity index (χ4n) is 2.82. The van der Waals surface area contributed by atoms with E-state index in [2.05, 4.69) is 0 Å². The quantitative estimate of drug-likeness (QED) is 0.942. The van der Waals surface area contributed by atoms with Gasteiger partial charge in [-0.05, 0) is 41.7 Å². The summed E-state index contributed by atoms with van der Waals surface area (Å²) in [5.41, 5.74) is 0. The Labute approximate surface area is 125 Å².